The van der Waals surface area contributed by atoms with E-state index in [2.05, 4.69) is 28.0 Å². The summed E-state index contributed by atoms with van der Waals surface area (Å²) in [5.74, 6) is 1.11. The molecule has 5 heteroatoms. The monoisotopic (exact) mass is 362 g/mol. The van der Waals surface area contributed by atoms with Gasteiger partial charge >= 0.3 is 0 Å². The molecule has 26 heavy (non-hydrogen) atoms. The van der Waals surface area contributed by atoms with Crippen molar-refractivity contribution in [3.8, 4) is 5.75 Å². The van der Waals surface area contributed by atoms with Gasteiger partial charge in [-0.05, 0) is 49.9 Å². The summed E-state index contributed by atoms with van der Waals surface area (Å²) in [4.78, 5) is 4.95. The lowest BCUT2D eigenvalue weighted by Gasteiger charge is -2.27. The Morgan fingerprint density at radius 2 is 1.19 bits per heavy atom. The number of para-hydroxylation sites is 1. The van der Waals surface area contributed by atoms with Crippen LogP contribution in [0.3, 0.4) is 0 Å². The number of ether oxygens (including phenoxy) is 3. The number of fused-ring (bicyclic) bond motifs is 12. The number of hydrogen-bond acceptors (Lipinski definition) is 5. The molecule has 1 saturated heterocycles. The van der Waals surface area contributed by atoms with Crippen molar-refractivity contribution in [2.75, 3.05) is 72.8 Å². The van der Waals surface area contributed by atoms with Crippen LogP contribution in [0.25, 0.3) is 0 Å². The van der Waals surface area contributed by atoms with Crippen molar-refractivity contribution >= 4 is 0 Å². The van der Waals surface area contributed by atoms with Crippen LogP contribution < -0.4 is 4.74 Å². The summed E-state index contributed by atoms with van der Waals surface area (Å²) < 4.78 is 17.6. The Kier molecular flexibility index (Phi) is 8.21. The lowest BCUT2D eigenvalue weighted by molar-refractivity contribution is 0.0374. The molecule has 0 spiro atoms. The van der Waals surface area contributed by atoms with Gasteiger partial charge in [0, 0.05) is 26.2 Å². The Morgan fingerprint density at radius 3 is 1.62 bits per heavy atom. The van der Waals surface area contributed by atoms with Crippen molar-refractivity contribution in [2.45, 2.75) is 25.7 Å². The highest BCUT2D eigenvalue weighted by atomic mass is 16.5. The molecule has 0 atom stereocenters. The third-order valence-corrected chi connectivity index (χ3v) is 5.43. The summed E-state index contributed by atoms with van der Waals surface area (Å²) in [5, 5.41) is 0. The highest BCUT2D eigenvalue weighted by molar-refractivity contribution is 5.41. The van der Waals surface area contributed by atoms with Crippen LogP contribution >= 0.6 is 0 Å². The normalized spacial score (nSPS) is 26.5. The summed E-state index contributed by atoms with van der Waals surface area (Å²) in [7, 11) is 1.81. The zero-order chi connectivity index (χ0) is 18.0. The highest BCUT2D eigenvalue weighted by Crippen LogP contribution is 2.26. The molecule has 1 aromatic carbocycles. The Labute approximate surface area is 158 Å². The molecule has 4 rings (SSSR count). The van der Waals surface area contributed by atoms with Crippen LogP contribution in [-0.4, -0.2) is 82.6 Å². The second-order valence-corrected chi connectivity index (χ2v) is 7.22. The summed E-state index contributed by atoms with van der Waals surface area (Å²) in [6, 6.07) is 6.63. The predicted octanol–water partition coefficient (Wildman–Crippen LogP) is 2.22. The minimum Gasteiger partial charge on any atom is -0.496 e. The largest absolute Gasteiger partial charge is 0.496 e. The predicted molar refractivity (Wildman–Crippen MR) is 104 cm³/mol. The summed E-state index contributed by atoms with van der Waals surface area (Å²) >= 11 is 0. The minimum absolute atomic E-state index is 0.812. The van der Waals surface area contributed by atoms with Gasteiger partial charge in [-0.25, -0.2) is 0 Å². The highest BCUT2D eigenvalue weighted by Gasteiger charge is 2.13. The molecule has 0 aliphatic carbocycles. The van der Waals surface area contributed by atoms with Crippen LogP contribution in [0.2, 0.25) is 0 Å². The molecule has 5 nitrogen and oxygen atoms in total. The number of benzene rings is 1. The molecule has 146 valence electrons. The van der Waals surface area contributed by atoms with E-state index in [-0.39, 0.29) is 0 Å². The van der Waals surface area contributed by atoms with Gasteiger partial charge in [0.2, 0.25) is 0 Å². The number of methoxy groups -OCH3 is 1. The van der Waals surface area contributed by atoms with Crippen LogP contribution in [0.5, 0.6) is 5.75 Å². The van der Waals surface area contributed by atoms with E-state index in [1.807, 2.05) is 7.11 Å². The van der Waals surface area contributed by atoms with E-state index in [9.17, 15) is 0 Å². The van der Waals surface area contributed by atoms with Crippen molar-refractivity contribution in [3.63, 3.8) is 0 Å². The van der Waals surface area contributed by atoms with E-state index in [4.69, 9.17) is 14.2 Å². The summed E-state index contributed by atoms with van der Waals surface area (Å²) in [6.45, 7) is 9.35. The Balaban J connectivity index is 1.77. The first-order valence-corrected chi connectivity index (χ1v) is 10.1. The van der Waals surface area contributed by atoms with Crippen LogP contribution in [0.15, 0.2) is 18.2 Å². The van der Waals surface area contributed by atoms with Gasteiger partial charge in [0.05, 0.1) is 33.5 Å². The lowest BCUT2D eigenvalue weighted by atomic mass is 10.0. The number of nitrogens with zero attached hydrogens (tertiary/aromatic N) is 2. The molecular formula is C21H34N2O3. The molecule has 4 bridgehead atoms. The zero-order valence-electron chi connectivity index (χ0n) is 16.3. The van der Waals surface area contributed by atoms with E-state index in [1.165, 1.54) is 11.1 Å². The van der Waals surface area contributed by atoms with Crippen molar-refractivity contribution in [1.82, 2.24) is 9.80 Å². The van der Waals surface area contributed by atoms with E-state index in [0.29, 0.717) is 0 Å². The quantitative estimate of drug-likeness (QED) is 0.765. The van der Waals surface area contributed by atoms with Gasteiger partial charge in [0.1, 0.15) is 5.75 Å². The molecule has 0 radical (unpaired) electrons. The Bertz CT molecular complexity index is 484. The molecule has 0 amide bonds. The molecule has 3 heterocycles. The lowest BCUT2D eigenvalue weighted by Crippen LogP contribution is -2.37. The molecule has 0 unspecified atom stereocenters. The molecule has 1 aromatic rings. The second-order valence-electron chi connectivity index (χ2n) is 7.22. The van der Waals surface area contributed by atoms with Crippen molar-refractivity contribution in [3.05, 3.63) is 29.3 Å². The molecule has 3 aliphatic heterocycles. The summed E-state index contributed by atoms with van der Waals surface area (Å²) in [6.07, 6.45) is 4.38. The molecule has 0 saturated carbocycles. The molecule has 3 aliphatic rings. The molecule has 1 fully saturated rings. The third kappa shape index (κ3) is 5.95. The maximum absolute atomic E-state index is 5.90. The maximum Gasteiger partial charge on any atom is 0.125 e. The Hall–Kier alpha value is -1.14. The zero-order valence-corrected chi connectivity index (χ0v) is 16.3. The van der Waals surface area contributed by atoms with Crippen LogP contribution in [0, 0.1) is 0 Å². The molecule has 0 aromatic heterocycles. The third-order valence-electron chi connectivity index (χ3n) is 5.43. The maximum atomic E-state index is 5.90. The fraction of sp³-hybridized carbons (Fsp3) is 0.714. The molecule has 0 N–H and O–H groups in total. The first kappa shape index (κ1) is 19.6. The van der Waals surface area contributed by atoms with Crippen molar-refractivity contribution in [2.24, 2.45) is 0 Å². The number of hydrogen-bond donors (Lipinski definition) is 0. The Morgan fingerprint density at radius 1 is 0.731 bits per heavy atom. The van der Waals surface area contributed by atoms with Crippen LogP contribution in [0.4, 0.5) is 0 Å². The number of rotatable bonds is 1. The van der Waals surface area contributed by atoms with Crippen LogP contribution in [0.1, 0.15) is 24.0 Å². The second kappa shape index (κ2) is 10.9. The number of aryl methyl sites for hydroxylation is 2. The smallest absolute Gasteiger partial charge is 0.125 e. The van der Waals surface area contributed by atoms with Crippen LogP contribution in [-0.2, 0) is 22.3 Å². The van der Waals surface area contributed by atoms with Gasteiger partial charge in [-0.2, -0.15) is 0 Å². The van der Waals surface area contributed by atoms with Gasteiger partial charge in [-0.3, -0.25) is 9.80 Å². The average Bonchev–Trinajstić information content (AvgIpc) is 2.64. The first-order valence-electron chi connectivity index (χ1n) is 10.1. The van der Waals surface area contributed by atoms with Crippen molar-refractivity contribution < 1.29 is 14.2 Å². The van der Waals surface area contributed by atoms with Gasteiger partial charge in [0.15, 0.2) is 0 Å². The van der Waals surface area contributed by atoms with E-state index in [0.717, 1.165) is 97.1 Å². The minimum atomic E-state index is 0.812. The molecular weight excluding hydrogens is 328 g/mol. The van der Waals surface area contributed by atoms with E-state index in [1.54, 1.807) is 0 Å². The fourth-order valence-corrected chi connectivity index (χ4v) is 3.93. The van der Waals surface area contributed by atoms with E-state index < -0.39 is 0 Å². The van der Waals surface area contributed by atoms with Gasteiger partial charge in [-0.15, -0.1) is 0 Å². The van der Waals surface area contributed by atoms with Crippen molar-refractivity contribution in [1.29, 1.82) is 0 Å². The van der Waals surface area contributed by atoms with Gasteiger partial charge in [-0.1, -0.05) is 18.2 Å². The SMILES string of the molecule is COc1c2cccc1CCCN1CCOCCN(CCC2)CCOCC1. The topological polar surface area (TPSA) is 34.2 Å². The first-order chi connectivity index (χ1) is 12.9. The fourth-order valence-electron chi connectivity index (χ4n) is 3.93. The van der Waals surface area contributed by atoms with E-state index >= 15 is 0 Å². The average molecular weight is 363 g/mol. The van der Waals surface area contributed by atoms with Gasteiger partial charge in [0.25, 0.3) is 0 Å². The standard InChI is InChI=1S/C21H34N2O3/c1-24-21-19-5-2-6-20(21)8-4-10-23-13-17-25-15-11-22(9-3-7-19)12-16-26-18-14-23/h2,5-6H,3-4,7-18H2,1H3. The van der Waals surface area contributed by atoms with Gasteiger partial charge < -0.3 is 14.2 Å². The summed E-state index contributed by atoms with van der Waals surface area (Å²) in [5.41, 5.74) is 2.68.